The van der Waals surface area contributed by atoms with E-state index in [1.807, 2.05) is 48.5 Å². The predicted octanol–water partition coefficient (Wildman–Crippen LogP) is 4.81. The molecule has 0 unspecified atom stereocenters. The summed E-state index contributed by atoms with van der Waals surface area (Å²) in [4.78, 5) is 36.0. The largest absolute Gasteiger partial charge is 0.337 e. The van der Waals surface area contributed by atoms with Gasteiger partial charge in [-0.05, 0) is 29.7 Å². The molecule has 30 heavy (non-hydrogen) atoms. The van der Waals surface area contributed by atoms with Crippen LogP contribution in [0.2, 0.25) is 5.02 Å². The molecule has 0 atom stereocenters. The first-order valence-electron chi connectivity index (χ1n) is 9.49. The van der Waals surface area contributed by atoms with Crippen molar-refractivity contribution < 1.29 is 4.79 Å². The van der Waals surface area contributed by atoms with Gasteiger partial charge in [0, 0.05) is 25.0 Å². The number of hydrogen-bond acceptors (Lipinski definition) is 4. The Morgan fingerprint density at radius 1 is 1.13 bits per heavy atom. The van der Waals surface area contributed by atoms with Gasteiger partial charge in [0.2, 0.25) is 0 Å². The Labute approximate surface area is 183 Å². The van der Waals surface area contributed by atoms with E-state index in [9.17, 15) is 9.59 Å². The number of benzene rings is 2. The molecule has 2 heterocycles. The molecule has 0 aliphatic heterocycles. The minimum atomic E-state index is -0.215. The van der Waals surface area contributed by atoms with E-state index in [0.717, 1.165) is 11.1 Å². The highest BCUT2D eigenvalue weighted by Gasteiger charge is 2.22. The molecule has 0 bridgehead atoms. The van der Waals surface area contributed by atoms with E-state index in [0.29, 0.717) is 44.5 Å². The fourth-order valence-corrected chi connectivity index (χ4v) is 4.78. The van der Waals surface area contributed by atoms with E-state index < -0.39 is 0 Å². The maximum absolute atomic E-state index is 13.1. The van der Waals surface area contributed by atoms with Crippen LogP contribution in [0.4, 0.5) is 0 Å². The SMILES string of the molecule is Cc1c(C(=O)N(C)Cc2ccccc2Cl)sc2nc(Cc3ccccc3)[nH]c(=O)c12. The highest BCUT2D eigenvalue weighted by Crippen LogP contribution is 2.29. The number of halogens is 1. The Hall–Kier alpha value is -2.96. The van der Waals surface area contributed by atoms with Gasteiger partial charge in [-0.15, -0.1) is 11.3 Å². The maximum Gasteiger partial charge on any atom is 0.264 e. The zero-order valence-electron chi connectivity index (χ0n) is 16.6. The van der Waals surface area contributed by atoms with Gasteiger partial charge in [-0.1, -0.05) is 60.1 Å². The van der Waals surface area contributed by atoms with Crippen molar-refractivity contribution in [1.82, 2.24) is 14.9 Å². The maximum atomic E-state index is 13.1. The van der Waals surface area contributed by atoms with Crippen molar-refractivity contribution in [1.29, 1.82) is 0 Å². The fraction of sp³-hybridized carbons (Fsp3) is 0.174. The first-order chi connectivity index (χ1) is 14.4. The van der Waals surface area contributed by atoms with Crippen molar-refractivity contribution in [2.45, 2.75) is 19.9 Å². The number of nitrogens with one attached hydrogen (secondary N) is 1. The van der Waals surface area contributed by atoms with Gasteiger partial charge in [-0.25, -0.2) is 4.98 Å². The number of H-pyrrole nitrogens is 1. The molecule has 5 nitrogen and oxygen atoms in total. The van der Waals surface area contributed by atoms with E-state index in [1.54, 1.807) is 24.9 Å². The molecule has 1 N–H and O–H groups in total. The van der Waals surface area contributed by atoms with Gasteiger partial charge in [0.25, 0.3) is 11.5 Å². The lowest BCUT2D eigenvalue weighted by Gasteiger charge is -2.17. The second kappa shape index (κ2) is 8.42. The van der Waals surface area contributed by atoms with Crippen LogP contribution in [-0.4, -0.2) is 27.8 Å². The van der Waals surface area contributed by atoms with E-state index in [1.165, 1.54) is 11.3 Å². The number of thiophene rings is 1. The molecule has 0 aliphatic carbocycles. The normalized spacial score (nSPS) is 11.0. The number of hydrogen-bond donors (Lipinski definition) is 1. The molecule has 2 aromatic heterocycles. The summed E-state index contributed by atoms with van der Waals surface area (Å²) in [5, 5.41) is 1.10. The standard InChI is InChI=1S/C23H20ClN3O2S/c1-14-19-21(28)25-18(12-15-8-4-3-5-9-15)26-22(19)30-20(14)23(29)27(2)13-16-10-6-7-11-17(16)24/h3-11H,12-13H2,1-2H3,(H,25,26,28). The van der Waals surface area contributed by atoms with Gasteiger partial charge in [0.1, 0.15) is 10.7 Å². The van der Waals surface area contributed by atoms with Gasteiger partial charge in [-0.3, -0.25) is 9.59 Å². The number of fused-ring (bicyclic) bond motifs is 1. The van der Waals surface area contributed by atoms with E-state index >= 15 is 0 Å². The summed E-state index contributed by atoms with van der Waals surface area (Å²) < 4.78 is 0. The summed E-state index contributed by atoms with van der Waals surface area (Å²) in [6.07, 6.45) is 0.526. The number of carbonyl (C=O) groups is 1. The summed E-state index contributed by atoms with van der Waals surface area (Å²) in [6, 6.07) is 17.3. The zero-order chi connectivity index (χ0) is 21.3. The molecule has 0 saturated carbocycles. The average Bonchev–Trinajstić information content (AvgIpc) is 3.06. The Balaban J connectivity index is 1.65. The molecule has 2 aromatic carbocycles. The Bertz CT molecular complexity index is 1280. The molecule has 4 aromatic rings. The minimum absolute atomic E-state index is 0.153. The van der Waals surface area contributed by atoms with Crippen LogP contribution in [0.3, 0.4) is 0 Å². The highest BCUT2D eigenvalue weighted by atomic mass is 35.5. The van der Waals surface area contributed by atoms with Crippen LogP contribution < -0.4 is 5.56 Å². The quantitative estimate of drug-likeness (QED) is 0.487. The molecular formula is C23H20ClN3O2S. The molecule has 4 rings (SSSR count). The molecular weight excluding hydrogens is 418 g/mol. The molecule has 152 valence electrons. The summed E-state index contributed by atoms with van der Waals surface area (Å²) in [5.74, 6) is 0.433. The van der Waals surface area contributed by atoms with E-state index in [2.05, 4.69) is 9.97 Å². The van der Waals surface area contributed by atoms with E-state index in [-0.39, 0.29) is 11.5 Å². The highest BCUT2D eigenvalue weighted by molar-refractivity contribution is 7.20. The summed E-state index contributed by atoms with van der Waals surface area (Å²) in [5.41, 5.74) is 2.37. The summed E-state index contributed by atoms with van der Waals surface area (Å²) >= 11 is 7.49. The zero-order valence-corrected chi connectivity index (χ0v) is 18.2. The number of rotatable bonds is 5. The Kier molecular flexibility index (Phi) is 5.70. The first-order valence-corrected chi connectivity index (χ1v) is 10.7. The van der Waals surface area contributed by atoms with Crippen molar-refractivity contribution in [3.05, 3.63) is 97.4 Å². The van der Waals surface area contributed by atoms with Crippen LogP contribution in [0.5, 0.6) is 0 Å². The van der Waals surface area contributed by atoms with Crippen molar-refractivity contribution in [3.8, 4) is 0 Å². The van der Waals surface area contributed by atoms with Crippen molar-refractivity contribution in [2.75, 3.05) is 7.05 Å². The summed E-state index contributed by atoms with van der Waals surface area (Å²) in [6.45, 7) is 2.18. The average molecular weight is 438 g/mol. The number of aromatic amines is 1. The van der Waals surface area contributed by atoms with Gasteiger partial charge < -0.3 is 9.88 Å². The van der Waals surface area contributed by atoms with Crippen LogP contribution in [0.1, 0.15) is 32.2 Å². The summed E-state index contributed by atoms with van der Waals surface area (Å²) in [7, 11) is 1.73. The second-order valence-electron chi connectivity index (χ2n) is 7.16. The second-order valence-corrected chi connectivity index (χ2v) is 8.57. The third-order valence-electron chi connectivity index (χ3n) is 4.97. The molecule has 7 heteroatoms. The van der Waals surface area contributed by atoms with Crippen molar-refractivity contribution >= 4 is 39.1 Å². The van der Waals surface area contributed by atoms with Gasteiger partial charge in [-0.2, -0.15) is 0 Å². The van der Waals surface area contributed by atoms with E-state index in [4.69, 9.17) is 11.6 Å². The first kappa shape index (κ1) is 20.3. The number of aryl methyl sites for hydroxylation is 1. The lowest BCUT2D eigenvalue weighted by Crippen LogP contribution is -2.26. The third kappa shape index (κ3) is 4.01. The smallest absolute Gasteiger partial charge is 0.264 e. The number of amides is 1. The van der Waals surface area contributed by atoms with Gasteiger partial charge in [0.15, 0.2) is 0 Å². The van der Waals surface area contributed by atoms with Crippen molar-refractivity contribution in [2.24, 2.45) is 0 Å². The van der Waals surface area contributed by atoms with Crippen LogP contribution in [-0.2, 0) is 13.0 Å². The molecule has 0 saturated heterocycles. The molecule has 1 amide bonds. The van der Waals surface area contributed by atoms with Crippen LogP contribution in [0.25, 0.3) is 10.2 Å². The molecule has 0 fully saturated rings. The molecule has 0 radical (unpaired) electrons. The number of nitrogens with zero attached hydrogens (tertiary/aromatic N) is 2. The molecule has 0 spiro atoms. The topological polar surface area (TPSA) is 66.1 Å². The van der Waals surface area contributed by atoms with Gasteiger partial charge >= 0.3 is 0 Å². The van der Waals surface area contributed by atoms with Crippen LogP contribution in [0.15, 0.2) is 59.4 Å². The Morgan fingerprint density at radius 2 is 1.83 bits per heavy atom. The van der Waals surface area contributed by atoms with Crippen molar-refractivity contribution in [3.63, 3.8) is 0 Å². The molecule has 0 aliphatic rings. The number of aromatic nitrogens is 2. The van der Waals surface area contributed by atoms with Gasteiger partial charge in [0.05, 0.1) is 10.3 Å². The minimum Gasteiger partial charge on any atom is -0.337 e. The predicted molar refractivity (Wildman–Crippen MR) is 121 cm³/mol. The third-order valence-corrected chi connectivity index (χ3v) is 6.51. The van der Waals surface area contributed by atoms with Crippen LogP contribution in [0, 0.1) is 6.92 Å². The Morgan fingerprint density at radius 3 is 2.57 bits per heavy atom. The van der Waals surface area contributed by atoms with Crippen LogP contribution >= 0.6 is 22.9 Å². The fourth-order valence-electron chi connectivity index (χ4n) is 3.39. The lowest BCUT2D eigenvalue weighted by molar-refractivity contribution is 0.0789. The monoisotopic (exact) mass is 437 g/mol. The number of carbonyl (C=O) groups excluding carboxylic acids is 1. The lowest BCUT2D eigenvalue weighted by atomic mass is 10.1.